The number of rotatable bonds is 20. The highest BCUT2D eigenvalue weighted by atomic mass is 35.5. The van der Waals surface area contributed by atoms with Crippen LogP contribution < -0.4 is 31.3 Å². The smallest absolute Gasteiger partial charge is 0.337 e. The number of carboxylic acids is 1. The van der Waals surface area contributed by atoms with Gasteiger partial charge in [0, 0.05) is 63.3 Å². The van der Waals surface area contributed by atoms with Gasteiger partial charge in [-0.3, -0.25) is 23.7 Å². The zero-order chi connectivity index (χ0) is 51.7. The summed E-state index contributed by atoms with van der Waals surface area (Å²) in [6.07, 6.45) is 6.49. The number of ether oxygens (including phenoxy) is 1. The molecule has 6 N–H and O–H groups in total. The van der Waals surface area contributed by atoms with E-state index in [-0.39, 0.29) is 72.0 Å². The van der Waals surface area contributed by atoms with E-state index in [0.29, 0.717) is 62.7 Å². The maximum Gasteiger partial charge on any atom is 0.337 e. The number of halogens is 3. The molecule has 2 atom stereocenters. The van der Waals surface area contributed by atoms with Crippen molar-refractivity contribution < 1.29 is 50.2 Å². The second-order valence-electron chi connectivity index (χ2n) is 19.1. The van der Waals surface area contributed by atoms with Crippen molar-refractivity contribution >= 4 is 95.8 Å². The van der Waals surface area contributed by atoms with Crippen molar-refractivity contribution in [2.75, 3.05) is 30.7 Å². The molecule has 2 amide bonds. The number of nitrogens with one attached hydrogen (secondary N) is 3. The first-order valence-electron chi connectivity index (χ1n) is 22.7. The number of fused-ring (bicyclic) bond motifs is 4. The summed E-state index contributed by atoms with van der Waals surface area (Å²) in [5.41, 5.74) is 6.17. The van der Waals surface area contributed by atoms with Gasteiger partial charge in [0.05, 0.1) is 43.0 Å². The van der Waals surface area contributed by atoms with Crippen molar-refractivity contribution in [3.8, 4) is 11.5 Å². The summed E-state index contributed by atoms with van der Waals surface area (Å²) in [4.78, 5) is 44.8. The molecule has 0 saturated carbocycles. The molecule has 2 unspecified atom stereocenters. The third-order valence-corrected chi connectivity index (χ3v) is 16.7. The fourth-order valence-corrected chi connectivity index (χ4v) is 13.2. The molecule has 0 fully saturated rings. The Bertz CT molecular complexity index is 3060. The minimum atomic E-state index is -5.30. The lowest BCUT2D eigenvalue weighted by molar-refractivity contribution is -0.121. The molecular weight excluding hydrogens is 1030 g/mol. The first kappa shape index (κ1) is 55.0. The van der Waals surface area contributed by atoms with Gasteiger partial charge in [0.1, 0.15) is 0 Å². The van der Waals surface area contributed by atoms with Crippen molar-refractivity contribution in [3.05, 3.63) is 76.0 Å². The van der Waals surface area contributed by atoms with Crippen molar-refractivity contribution in [2.24, 2.45) is 10.1 Å². The van der Waals surface area contributed by atoms with Gasteiger partial charge in [-0.25, -0.2) is 4.79 Å². The molecule has 24 heteroatoms. The average Bonchev–Trinajstić information content (AvgIpc) is 3.23. The summed E-state index contributed by atoms with van der Waals surface area (Å²) >= 11 is 21.8. The summed E-state index contributed by atoms with van der Waals surface area (Å²) in [5.74, 6) is -4.42. The molecule has 18 nitrogen and oxygen atoms in total. The molecule has 3 aromatic rings. The first-order valence-corrected chi connectivity index (χ1v) is 27.7. The molecule has 3 heterocycles. The van der Waals surface area contributed by atoms with E-state index < -0.39 is 81.0 Å². The van der Waals surface area contributed by atoms with Gasteiger partial charge in [0.2, 0.25) is 11.8 Å². The van der Waals surface area contributed by atoms with Gasteiger partial charge in [0.25, 0.3) is 20.2 Å². The Balaban J connectivity index is 1.41. The molecule has 0 aromatic heterocycles. The quantitative estimate of drug-likeness (QED) is 0.00915. The van der Waals surface area contributed by atoms with Gasteiger partial charge in [-0.05, 0) is 107 Å². The number of unbranched alkanes of at least 4 members (excludes halogenated alkanes) is 5. The summed E-state index contributed by atoms with van der Waals surface area (Å²) < 4.78 is 83.2. The van der Waals surface area contributed by atoms with Crippen LogP contribution in [-0.4, -0.2) is 85.3 Å². The van der Waals surface area contributed by atoms with Crippen molar-refractivity contribution in [2.45, 2.75) is 143 Å². The second kappa shape index (κ2) is 21.8. The monoisotopic (exact) mass is 1080 g/mol. The number of aromatic carboxylic acids is 1. The molecule has 0 bridgehead atoms. The number of carbonyl (C=O) groups excluding carboxylic acids is 2. The van der Waals surface area contributed by atoms with Crippen LogP contribution in [0.4, 0.5) is 5.69 Å². The van der Waals surface area contributed by atoms with E-state index in [1.807, 2.05) is 27.7 Å². The maximum atomic E-state index is 13.7. The Morgan fingerprint density at radius 2 is 1.47 bits per heavy atom. The Morgan fingerprint density at radius 1 is 0.857 bits per heavy atom. The van der Waals surface area contributed by atoms with E-state index >= 15 is 0 Å². The number of carboxylic acid groups (broad SMARTS) is 1. The number of anilines is 1. The fourth-order valence-electron chi connectivity index (χ4n) is 9.59. The van der Waals surface area contributed by atoms with Gasteiger partial charge in [-0.15, -0.1) is 11.8 Å². The summed E-state index contributed by atoms with van der Waals surface area (Å²) in [7, 11) is -10.6. The number of amides is 2. The largest absolute Gasteiger partial charge is 0.478 e. The molecule has 0 saturated heterocycles. The van der Waals surface area contributed by atoms with Crippen LogP contribution >= 0.6 is 46.6 Å². The van der Waals surface area contributed by atoms with E-state index in [2.05, 4.69) is 26.0 Å². The molecule has 380 valence electrons. The number of hydrogen-bond acceptors (Lipinski definition) is 12. The van der Waals surface area contributed by atoms with E-state index in [9.17, 15) is 45.4 Å². The van der Waals surface area contributed by atoms with E-state index in [4.69, 9.17) is 50.1 Å². The maximum absolute atomic E-state index is 13.7. The van der Waals surface area contributed by atoms with Crippen LogP contribution in [0.2, 0.25) is 15.1 Å². The molecule has 3 aliphatic rings. The fraction of sp³-hybridized carbons (Fsp3) is 0.522. The van der Waals surface area contributed by atoms with Crippen molar-refractivity contribution in [3.63, 3.8) is 0 Å². The molecule has 0 aliphatic carbocycles. The second-order valence-corrected chi connectivity index (χ2v) is 24.0. The number of azide groups is 1. The SMILES string of the molecule is CC1CC(C)(C)Nc2c1cc1c(c2S(=O)(=O)O)Oc2c(S(=O)(=O)O)c3c(cc2=C1c1c(Cl)c(SCC(=O)NCCCCCC(=O)NCCCCCCN=[N+]=[N-])c(Cl)c(Cl)c1C(=O)O)C(C)CC(C)(C)N=3. The normalized spacial score (nSPS) is 17.6. The standard InChI is InChI=1S/C46H56Cl3N7O11S3/c1-23-20-45(3,4)54-37-25(23)18-27-31(28-19-26-24(2)21-46(5,6)55-38(26)43(70(64,65)66)40(28)67-39(27)42(37)69(61,62)63)32-33(44(59)60)34(47)36(49)41(35(32)48)68-22-30(58)52-16-12-9-10-14-29(57)51-15-11-7-8-13-17-53-56-50/h18-19,23-24,54H,7-17,20-22H2,1-6H3,(H,51,57)(H,52,58)(H,59,60)(H,61,62,63)(H,64,65,66). The summed E-state index contributed by atoms with van der Waals surface area (Å²) in [6, 6.07) is 3.10. The van der Waals surface area contributed by atoms with Crippen LogP contribution in [-0.2, 0) is 29.8 Å². The lowest BCUT2D eigenvalue weighted by atomic mass is 9.79. The Hall–Kier alpha value is -4.31. The summed E-state index contributed by atoms with van der Waals surface area (Å²) in [5, 5.41) is 21.9. The highest BCUT2D eigenvalue weighted by Gasteiger charge is 2.43. The Labute approximate surface area is 425 Å². The van der Waals surface area contributed by atoms with Gasteiger partial charge in [-0.2, -0.15) is 16.8 Å². The van der Waals surface area contributed by atoms with E-state index in [1.165, 1.54) is 6.07 Å². The summed E-state index contributed by atoms with van der Waals surface area (Å²) in [6.45, 7) is 12.1. The minimum absolute atomic E-state index is 0.0347. The minimum Gasteiger partial charge on any atom is -0.478 e. The third-order valence-electron chi connectivity index (χ3n) is 12.4. The average molecular weight is 1090 g/mol. The van der Waals surface area contributed by atoms with Crippen LogP contribution in [0.1, 0.15) is 150 Å². The number of hydrogen-bond donors (Lipinski definition) is 6. The van der Waals surface area contributed by atoms with Crippen LogP contribution in [0.5, 0.6) is 11.5 Å². The van der Waals surface area contributed by atoms with Gasteiger partial charge in [-0.1, -0.05) is 73.0 Å². The zero-order valence-electron chi connectivity index (χ0n) is 39.5. The molecule has 6 rings (SSSR count). The molecule has 3 aromatic carbocycles. The Morgan fingerprint density at radius 3 is 2.10 bits per heavy atom. The molecular formula is C46H56Cl3N7O11S3. The highest BCUT2D eigenvalue weighted by Crippen LogP contribution is 2.54. The van der Waals surface area contributed by atoms with Crippen LogP contribution in [0.15, 0.2) is 36.9 Å². The number of nitrogens with zero attached hydrogens (tertiary/aromatic N) is 4. The molecule has 3 aliphatic heterocycles. The van der Waals surface area contributed by atoms with Gasteiger partial charge < -0.3 is 25.8 Å². The topological polar surface area (TPSA) is 287 Å². The Kier molecular flexibility index (Phi) is 17.1. The zero-order valence-corrected chi connectivity index (χ0v) is 44.2. The van der Waals surface area contributed by atoms with Crippen molar-refractivity contribution in [1.29, 1.82) is 0 Å². The van der Waals surface area contributed by atoms with Crippen molar-refractivity contribution in [1.82, 2.24) is 10.6 Å². The van der Waals surface area contributed by atoms with Crippen LogP contribution in [0, 0.1) is 0 Å². The van der Waals surface area contributed by atoms with Gasteiger partial charge in [0.15, 0.2) is 21.3 Å². The molecule has 0 spiro atoms. The number of benzene rings is 3. The lowest BCUT2D eigenvalue weighted by Gasteiger charge is -2.40. The van der Waals surface area contributed by atoms with Crippen LogP contribution in [0.25, 0.3) is 16.0 Å². The number of carbonyl (C=O) groups is 3. The predicted octanol–water partition coefficient (Wildman–Crippen LogP) is 9.55. The molecule has 0 radical (unpaired) electrons. The predicted molar refractivity (Wildman–Crippen MR) is 269 cm³/mol. The van der Waals surface area contributed by atoms with E-state index in [0.717, 1.165) is 37.4 Å². The number of thioether (sulfide) groups is 1. The lowest BCUT2D eigenvalue weighted by Crippen LogP contribution is -2.39. The van der Waals surface area contributed by atoms with E-state index in [1.54, 1.807) is 19.9 Å². The third kappa shape index (κ3) is 12.1. The highest BCUT2D eigenvalue weighted by molar-refractivity contribution is 8.00. The first-order chi connectivity index (χ1) is 32.7. The van der Waals surface area contributed by atoms with Crippen LogP contribution in [0.3, 0.4) is 0 Å². The molecule has 70 heavy (non-hydrogen) atoms. The van der Waals surface area contributed by atoms with Gasteiger partial charge >= 0.3 is 5.97 Å².